The second kappa shape index (κ2) is 15.3. The molecule has 1 aliphatic carbocycles. The van der Waals surface area contributed by atoms with Crippen molar-refractivity contribution in [3.05, 3.63) is 111 Å². The van der Waals surface area contributed by atoms with E-state index in [2.05, 4.69) is 10.6 Å². The molecular formula is C36H37Cl2N3O5. The van der Waals surface area contributed by atoms with Crippen LogP contribution >= 0.6 is 23.2 Å². The summed E-state index contributed by atoms with van der Waals surface area (Å²) < 4.78 is 4.84. The maximum absolute atomic E-state index is 12.7. The Balaban J connectivity index is 0.000000216. The Bertz CT molecular complexity index is 1650. The second-order valence-corrected chi connectivity index (χ2v) is 12.3. The summed E-state index contributed by atoms with van der Waals surface area (Å²) in [5.41, 5.74) is 4.65. The highest BCUT2D eigenvalue weighted by Crippen LogP contribution is 2.37. The third-order valence-electron chi connectivity index (χ3n) is 7.61. The van der Waals surface area contributed by atoms with Crippen molar-refractivity contribution in [1.82, 2.24) is 5.32 Å². The Morgan fingerprint density at radius 3 is 2.13 bits per heavy atom. The van der Waals surface area contributed by atoms with Gasteiger partial charge in [0.25, 0.3) is 11.8 Å². The molecule has 1 aliphatic heterocycles. The van der Waals surface area contributed by atoms with Crippen molar-refractivity contribution in [1.29, 1.82) is 0 Å². The number of halogens is 2. The first-order chi connectivity index (χ1) is 21.9. The van der Waals surface area contributed by atoms with Crippen molar-refractivity contribution < 1.29 is 23.9 Å². The molecule has 3 aromatic rings. The lowest BCUT2D eigenvalue weighted by Gasteiger charge is -2.27. The van der Waals surface area contributed by atoms with E-state index in [9.17, 15) is 19.2 Å². The van der Waals surface area contributed by atoms with Crippen molar-refractivity contribution in [2.24, 2.45) is 0 Å². The van der Waals surface area contributed by atoms with Gasteiger partial charge in [-0.15, -0.1) is 0 Å². The number of imide groups is 1. The number of nitrogens with one attached hydrogen (secondary N) is 2. The topological polar surface area (TPSA) is 105 Å². The number of nitrogens with zero attached hydrogens (tertiary/aromatic N) is 1. The van der Waals surface area contributed by atoms with Gasteiger partial charge in [0.2, 0.25) is 0 Å². The molecule has 0 bridgehead atoms. The average Bonchev–Trinajstić information content (AvgIpc) is 3.29. The lowest BCUT2D eigenvalue weighted by molar-refractivity contribution is -0.137. The van der Waals surface area contributed by atoms with Gasteiger partial charge in [-0.3, -0.25) is 9.59 Å². The molecule has 2 aliphatic rings. The second-order valence-electron chi connectivity index (χ2n) is 11.5. The molecule has 3 aromatic carbocycles. The number of ether oxygens (including phenoxy) is 1. The molecule has 46 heavy (non-hydrogen) atoms. The largest absolute Gasteiger partial charge is 0.462 e. The van der Waals surface area contributed by atoms with Crippen LogP contribution in [0, 0.1) is 6.92 Å². The van der Waals surface area contributed by atoms with Gasteiger partial charge >= 0.3 is 12.0 Å². The van der Waals surface area contributed by atoms with Crippen molar-refractivity contribution in [3.63, 3.8) is 0 Å². The van der Waals surface area contributed by atoms with E-state index in [0.717, 1.165) is 24.1 Å². The third kappa shape index (κ3) is 8.44. The molecule has 0 atom stereocenters. The molecule has 0 radical (unpaired) electrons. The van der Waals surface area contributed by atoms with E-state index in [4.69, 9.17) is 27.9 Å². The molecule has 1 heterocycles. The first-order valence-electron chi connectivity index (χ1n) is 15.1. The molecule has 4 amide bonds. The van der Waals surface area contributed by atoms with E-state index in [1.807, 2.05) is 75.4 Å². The quantitative estimate of drug-likeness (QED) is 0.151. The molecule has 0 saturated carbocycles. The van der Waals surface area contributed by atoms with Gasteiger partial charge in [0, 0.05) is 21.9 Å². The predicted octanol–water partition coefficient (Wildman–Crippen LogP) is 8.28. The fraction of sp³-hybridized carbons (Fsp3) is 0.278. The van der Waals surface area contributed by atoms with Gasteiger partial charge in [-0.05, 0) is 101 Å². The van der Waals surface area contributed by atoms with Crippen LogP contribution in [0.15, 0.2) is 89.0 Å². The lowest BCUT2D eigenvalue weighted by atomic mass is 9.93. The molecule has 0 aromatic heterocycles. The van der Waals surface area contributed by atoms with Crippen LogP contribution in [-0.4, -0.2) is 30.4 Å². The third-order valence-corrected chi connectivity index (χ3v) is 8.22. The Morgan fingerprint density at radius 1 is 0.935 bits per heavy atom. The minimum atomic E-state index is -0.666. The number of hydrogen-bond donors (Lipinski definition) is 2. The minimum absolute atomic E-state index is 0.137. The van der Waals surface area contributed by atoms with Gasteiger partial charge in [-0.2, -0.15) is 0 Å². The summed E-state index contributed by atoms with van der Waals surface area (Å²) in [6.45, 7) is 7.86. The van der Waals surface area contributed by atoms with Crippen LogP contribution in [0.4, 0.5) is 16.2 Å². The van der Waals surface area contributed by atoms with Crippen LogP contribution in [0.25, 0.3) is 6.08 Å². The molecule has 10 heteroatoms. The minimum Gasteiger partial charge on any atom is -0.462 e. The molecular weight excluding hydrogens is 625 g/mol. The molecule has 8 nitrogen and oxygen atoms in total. The summed E-state index contributed by atoms with van der Waals surface area (Å²) >= 11 is 12.1. The smallest absolute Gasteiger partial charge is 0.349 e. The van der Waals surface area contributed by atoms with Crippen LogP contribution in [0.1, 0.15) is 63.1 Å². The highest BCUT2D eigenvalue weighted by Gasteiger charge is 2.39. The zero-order valence-electron chi connectivity index (χ0n) is 26.3. The van der Waals surface area contributed by atoms with Gasteiger partial charge in [-0.1, -0.05) is 71.2 Å². The predicted molar refractivity (Wildman–Crippen MR) is 183 cm³/mol. The lowest BCUT2D eigenvalue weighted by Crippen LogP contribution is -2.43. The maximum Gasteiger partial charge on any atom is 0.349 e. The highest BCUT2D eigenvalue weighted by molar-refractivity contribution is 6.43. The fourth-order valence-corrected chi connectivity index (χ4v) is 5.50. The van der Waals surface area contributed by atoms with Gasteiger partial charge in [0.1, 0.15) is 5.03 Å². The van der Waals surface area contributed by atoms with E-state index < -0.39 is 11.5 Å². The number of rotatable bonds is 7. The van der Waals surface area contributed by atoms with Crippen molar-refractivity contribution in [2.75, 3.05) is 16.8 Å². The molecule has 5 rings (SSSR count). The monoisotopic (exact) mass is 661 g/mol. The molecule has 2 N–H and O–H groups in total. The summed E-state index contributed by atoms with van der Waals surface area (Å²) in [7, 11) is 0. The summed E-state index contributed by atoms with van der Waals surface area (Å²) in [5.74, 6) is -1.22. The molecule has 0 saturated heterocycles. The molecule has 240 valence electrons. The van der Waals surface area contributed by atoms with E-state index in [1.165, 1.54) is 16.5 Å². The first kappa shape index (κ1) is 34.5. The SMILES string of the molecule is CCOC(=O)/C(Cl)=C/c1cc(N2C(=O)C3=C(CCCC3)C2=O)ccc1Cl.Cc1ccc(NC(=O)NC(C)(C)c2ccccc2)cc1. The van der Waals surface area contributed by atoms with Gasteiger partial charge in [0.05, 0.1) is 17.8 Å². The van der Waals surface area contributed by atoms with Crippen LogP contribution < -0.4 is 15.5 Å². The average molecular weight is 663 g/mol. The van der Waals surface area contributed by atoms with Crippen LogP contribution in [0.5, 0.6) is 0 Å². The number of urea groups is 1. The zero-order valence-corrected chi connectivity index (χ0v) is 27.8. The molecule has 0 unspecified atom stereocenters. The Hall–Kier alpha value is -4.40. The van der Waals surface area contributed by atoms with Crippen molar-refractivity contribution >= 4 is 64.5 Å². The summed E-state index contributed by atoms with van der Waals surface area (Å²) in [5, 5.41) is 6.03. The number of hydrogen-bond acceptors (Lipinski definition) is 5. The summed E-state index contributed by atoms with van der Waals surface area (Å²) in [6.07, 6.45) is 4.45. The Kier molecular flexibility index (Phi) is 11.4. The normalized spacial score (nSPS) is 14.7. The number of amides is 4. The number of carbonyl (C=O) groups is 4. The van der Waals surface area contributed by atoms with Crippen molar-refractivity contribution in [2.45, 2.75) is 58.9 Å². The van der Waals surface area contributed by atoms with Gasteiger partial charge in [-0.25, -0.2) is 14.5 Å². The van der Waals surface area contributed by atoms with Crippen LogP contribution in [0.3, 0.4) is 0 Å². The molecule has 0 spiro atoms. The number of esters is 1. The number of benzene rings is 3. The highest BCUT2D eigenvalue weighted by atomic mass is 35.5. The first-order valence-corrected chi connectivity index (χ1v) is 15.8. The number of aryl methyl sites for hydroxylation is 1. The summed E-state index contributed by atoms with van der Waals surface area (Å²) in [4.78, 5) is 50.2. The van der Waals surface area contributed by atoms with E-state index in [1.54, 1.807) is 25.1 Å². The standard InChI is InChI=1S/C19H17Cl2NO4.C17H20N2O/c1-2-26-19(25)16(21)10-11-9-12(7-8-15(11)20)22-17(23)13-5-3-4-6-14(13)18(22)24;1-13-9-11-15(12-10-13)18-16(20)19-17(2,3)14-7-5-4-6-8-14/h7-10H,2-6H2,1H3;4-12H,1-3H3,(H2,18,19,20)/b16-10-;. The van der Waals surface area contributed by atoms with E-state index in [0.29, 0.717) is 40.3 Å². The maximum atomic E-state index is 12.7. The van der Waals surface area contributed by atoms with Gasteiger partial charge < -0.3 is 15.4 Å². The van der Waals surface area contributed by atoms with E-state index >= 15 is 0 Å². The fourth-order valence-electron chi connectivity index (χ4n) is 5.16. The van der Waals surface area contributed by atoms with Crippen LogP contribution in [-0.2, 0) is 24.7 Å². The van der Waals surface area contributed by atoms with Gasteiger partial charge in [0.15, 0.2) is 0 Å². The Morgan fingerprint density at radius 2 is 1.54 bits per heavy atom. The van der Waals surface area contributed by atoms with Crippen LogP contribution in [0.2, 0.25) is 5.02 Å². The number of anilines is 2. The zero-order chi connectivity index (χ0) is 33.4. The molecule has 0 fully saturated rings. The van der Waals surface area contributed by atoms with Crippen molar-refractivity contribution in [3.8, 4) is 0 Å². The van der Waals surface area contributed by atoms with E-state index in [-0.39, 0.29) is 29.5 Å². The summed E-state index contributed by atoms with van der Waals surface area (Å²) in [6, 6.07) is 22.2. The Labute approximate surface area is 279 Å². The number of carbonyl (C=O) groups excluding carboxylic acids is 4.